The Morgan fingerprint density at radius 2 is 1.91 bits per heavy atom. The molecule has 0 aliphatic carbocycles. The van der Waals surface area contributed by atoms with E-state index in [1.165, 1.54) is 0 Å². The molecule has 2 heteroatoms. The molecular formula is C9H17NO. The fraction of sp³-hybridized carbons (Fsp3) is 0.889. The Kier molecular flexibility index (Phi) is 5.87. The van der Waals surface area contributed by atoms with Gasteiger partial charge in [0.05, 0.1) is 18.6 Å². The van der Waals surface area contributed by atoms with Crippen LogP contribution in [0.3, 0.4) is 0 Å². The van der Waals surface area contributed by atoms with Crippen LogP contribution in [0.25, 0.3) is 0 Å². The van der Waals surface area contributed by atoms with Gasteiger partial charge >= 0.3 is 0 Å². The highest BCUT2D eigenvalue weighted by Crippen LogP contribution is 2.17. The zero-order valence-electron chi connectivity index (χ0n) is 7.38. The van der Waals surface area contributed by atoms with Crippen LogP contribution < -0.4 is 0 Å². The van der Waals surface area contributed by atoms with Crippen LogP contribution in [-0.2, 0) is 0 Å². The molecule has 1 unspecified atom stereocenters. The SMILES string of the molecule is CCC(CC)CC(C#N)CO. The molecule has 2 nitrogen and oxygen atoms in total. The predicted molar refractivity (Wildman–Crippen MR) is 44.9 cm³/mol. The third-order valence-electron chi connectivity index (χ3n) is 2.18. The van der Waals surface area contributed by atoms with Crippen LogP contribution in [0.15, 0.2) is 0 Å². The topological polar surface area (TPSA) is 44.0 Å². The number of nitrogens with zero attached hydrogens (tertiary/aromatic N) is 1. The summed E-state index contributed by atoms with van der Waals surface area (Å²) in [5.41, 5.74) is 0. The molecule has 0 aromatic carbocycles. The average Bonchev–Trinajstić information content (AvgIpc) is 2.07. The van der Waals surface area contributed by atoms with Gasteiger partial charge in [-0.3, -0.25) is 0 Å². The van der Waals surface area contributed by atoms with Gasteiger partial charge in [-0.25, -0.2) is 0 Å². The lowest BCUT2D eigenvalue weighted by atomic mass is 9.92. The molecule has 0 aromatic rings. The summed E-state index contributed by atoms with van der Waals surface area (Å²) >= 11 is 0. The first-order chi connectivity index (χ1) is 5.28. The van der Waals surface area contributed by atoms with Crippen molar-refractivity contribution in [3.05, 3.63) is 0 Å². The molecule has 0 heterocycles. The van der Waals surface area contributed by atoms with E-state index in [0.29, 0.717) is 5.92 Å². The lowest BCUT2D eigenvalue weighted by Crippen LogP contribution is -2.09. The summed E-state index contributed by atoms with van der Waals surface area (Å²) in [5, 5.41) is 17.3. The second-order valence-electron chi connectivity index (χ2n) is 2.93. The van der Waals surface area contributed by atoms with Gasteiger partial charge in [-0.2, -0.15) is 5.26 Å². The largest absolute Gasteiger partial charge is 0.395 e. The van der Waals surface area contributed by atoms with Crippen molar-refractivity contribution < 1.29 is 5.11 Å². The minimum absolute atomic E-state index is 0.00694. The molecular weight excluding hydrogens is 138 g/mol. The van der Waals surface area contributed by atoms with Crippen molar-refractivity contribution in [1.82, 2.24) is 0 Å². The summed E-state index contributed by atoms with van der Waals surface area (Å²) in [6, 6.07) is 2.10. The first-order valence-corrected chi connectivity index (χ1v) is 4.28. The monoisotopic (exact) mass is 155 g/mol. The lowest BCUT2D eigenvalue weighted by Gasteiger charge is -2.13. The molecule has 0 amide bonds. The van der Waals surface area contributed by atoms with Gasteiger partial charge in [-0.1, -0.05) is 26.7 Å². The molecule has 0 bridgehead atoms. The van der Waals surface area contributed by atoms with Crippen LogP contribution in [0.1, 0.15) is 33.1 Å². The zero-order valence-corrected chi connectivity index (χ0v) is 7.38. The van der Waals surface area contributed by atoms with E-state index in [0.717, 1.165) is 19.3 Å². The fourth-order valence-electron chi connectivity index (χ4n) is 1.19. The van der Waals surface area contributed by atoms with E-state index < -0.39 is 0 Å². The molecule has 11 heavy (non-hydrogen) atoms. The average molecular weight is 155 g/mol. The maximum atomic E-state index is 8.74. The van der Waals surface area contributed by atoms with Crippen LogP contribution in [0.5, 0.6) is 0 Å². The number of aliphatic hydroxyl groups is 1. The Labute approximate surface area is 68.8 Å². The Balaban J connectivity index is 3.70. The normalized spacial score (nSPS) is 13.0. The maximum Gasteiger partial charge on any atom is 0.0697 e. The molecule has 1 N–H and O–H groups in total. The standard InChI is InChI=1S/C9H17NO/c1-3-8(4-2)5-9(6-10)7-11/h8-9,11H,3-5,7H2,1-2H3. The summed E-state index contributed by atoms with van der Waals surface area (Å²) < 4.78 is 0. The zero-order chi connectivity index (χ0) is 8.69. The Morgan fingerprint density at radius 1 is 1.36 bits per heavy atom. The van der Waals surface area contributed by atoms with Gasteiger partial charge in [0.2, 0.25) is 0 Å². The van der Waals surface area contributed by atoms with Crippen molar-refractivity contribution in [1.29, 1.82) is 5.26 Å². The van der Waals surface area contributed by atoms with E-state index in [2.05, 4.69) is 19.9 Å². The smallest absolute Gasteiger partial charge is 0.0697 e. The second-order valence-corrected chi connectivity index (χ2v) is 2.93. The van der Waals surface area contributed by atoms with Gasteiger partial charge in [-0.15, -0.1) is 0 Å². The van der Waals surface area contributed by atoms with Crippen molar-refractivity contribution >= 4 is 0 Å². The summed E-state index contributed by atoms with van der Waals surface area (Å²) in [5.74, 6) is 0.451. The van der Waals surface area contributed by atoms with Gasteiger partial charge in [0.1, 0.15) is 0 Å². The number of nitriles is 1. The minimum atomic E-state index is -0.153. The van der Waals surface area contributed by atoms with Crippen molar-refractivity contribution in [3.63, 3.8) is 0 Å². The van der Waals surface area contributed by atoms with Gasteiger partial charge < -0.3 is 5.11 Å². The van der Waals surface area contributed by atoms with Crippen LogP contribution >= 0.6 is 0 Å². The maximum absolute atomic E-state index is 8.74. The highest BCUT2D eigenvalue weighted by molar-refractivity contribution is 4.83. The molecule has 0 aromatic heterocycles. The minimum Gasteiger partial charge on any atom is -0.395 e. The molecule has 0 saturated heterocycles. The van der Waals surface area contributed by atoms with Crippen molar-refractivity contribution in [2.75, 3.05) is 6.61 Å². The Bertz CT molecular complexity index is 124. The van der Waals surface area contributed by atoms with E-state index in [1.807, 2.05) is 0 Å². The van der Waals surface area contributed by atoms with Crippen LogP contribution in [0, 0.1) is 23.2 Å². The first-order valence-electron chi connectivity index (χ1n) is 4.28. The number of rotatable bonds is 5. The fourth-order valence-corrected chi connectivity index (χ4v) is 1.19. The number of hydrogen-bond acceptors (Lipinski definition) is 2. The predicted octanol–water partition coefficient (Wildman–Crippen LogP) is 1.94. The van der Waals surface area contributed by atoms with E-state index >= 15 is 0 Å². The highest BCUT2D eigenvalue weighted by Gasteiger charge is 2.11. The van der Waals surface area contributed by atoms with E-state index in [9.17, 15) is 0 Å². The van der Waals surface area contributed by atoms with Crippen LogP contribution in [0.4, 0.5) is 0 Å². The molecule has 0 radical (unpaired) electrons. The third-order valence-corrected chi connectivity index (χ3v) is 2.18. The summed E-state index contributed by atoms with van der Waals surface area (Å²) in [4.78, 5) is 0. The number of hydrogen-bond donors (Lipinski definition) is 1. The molecule has 0 fully saturated rings. The third kappa shape index (κ3) is 4.00. The van der Waals surface area contributed by atoms with Crippen molar-refractivity contribution in [2.24, 2.45) is 11.8 Å². The van der Waals surface area contributed by atoms with Crippen LogP contribution in [-0.4, -0.2) is 11.7 Å². The van der Waals surface area contributed by atoms with E-state index in [4.69, 9.17) is 10.4 Å². The molecule has 0 saturated carbocycles. The number of aliphatic hydroxyl groups excluding tert-OH is 1. The van der Waals surface area contributed by atoms with Gasteiger partial charge in [0, 0.05) is 0 Å². The summed E-state index contributed by atoms with van der Waals surface area (Å²) in [6.45, 7) is 4.26. The molecule has 0 aliphatic heterocycles. The Hall–Kier alpha value is -0.550. The molecule has 0 rings (SSSR count). The lowest BCUT2D eigenvalue weighted by molar-refractivity contribution is 0.230. The van der Waals surface area contributed by atoms with Crippen molar-refractivity contribution in [2.45, 2.75) is 33.1 Å². The van der Waals surface area contributed by atoms with Gasteiger partial charge in [0.15, 0.2) is 0 Å². The van der Waals surface area contributed by atoms with Gasteiger partial charge in [0.25, 0.3) is 0 Å². The summed E-state index contributed by atoms with van der Waals surface area (Å²) in [6.07, 6.45) is 3.06. The molecule has 1 atom stereocenters. The van der Waals surface area contributed by atoms with Gasteiger partial charge in [-0.05, 0) is 12.3 Å². The quantitative estimate of drug-likeness (QED) is 0.659. The van der Waals surface area contributed by atoms with Crippen LogP contribution in [0.2, 0.25) is 0 Å². The highest BCUT2D eigenvalue weighted by atomic mass is 16.3. The summed E-state index contributed by atoms with van der Waals surface area (Å²) in [7, 11) is 0. The molecule has 0 spiro atoms. The molecule has 64 valence electrons. The Morgan fingerprint density at radius 3 is 2.18 bits per heavy atom. The molecule has 0 aliphatic rings. The van der Waals surface area contributed by atoms with Crippen molar-refractivity contribution in [3.8, 4) is 6.07 Å². The van der Waals surface area contributed by atoms with E-state index in [1.54, 1.807) is 0 Å². The first kappa shape index (κ1) is 10.4. The van der Waals surface area contributed by atoms with E-state index in [-0.39, 0.29) is 12.5 Å². The second kappa shape index (κ2) is 6.18.